The van der Waals surface area contributed by atoms with E-state index in [1.165, 1.54) is 0 Å². The van der Waals surface area contributed by atoms with Crippen molar-refractivity contribution in [2.24, 2.45) is 11.7 Å². The van der Waals surface area contributed by atoms with Crippen molar-refractivity contribution in [2.75, 3.05) is 11.9 Å². The van der Waals surface area contributed by atoms with Crippen LogP contribution in [0, 0.1) is 12.8 Å². The summed E-state index contributed by atoms with van der Waals surface area (Å²) in [6.07, 6.45) is 1.08. The van der Waals surface area contributed by atoms with Crippen LogP contribution in [0.1, 0.15) is 39.8 Å². The lowest BCUT2D eigenvalue weighted by atomic mass is 10.0. The largest absolute Gasteiger partial charge is 0.475 e. The van der Waals surface area contributed by atoms with Crippen LogP contribution >= 0.6 is 0 Å². The average molecular weight is 266 g/mol. The van der Waals surface area contributed by atoms with E-state index in [-0.39, 0.29) is 12.1 Å². The van der Waals surface area contributed by atoms with E-state index < -0.39 is 0 Å². The van der Waals surface area contributed by atoms with Gasteiger partial charge in [-0.3, -0.25) is 0 Å². The van der Waals surface area contributed by atoms with Crippen LogP contribution in [-0.2, 0) is 0 Å². The molecular formula is C14H26N4O. The summed E-state index contributed by atoms with van der Waals surface area (Å²) in [7, 11) is 0. The summed E-state index contributed by atoms with van der Waals surface area (Å²) in [5.74, 6) is 1.77. The van der Waals surface area contributed by atoms with E-state index in [9.17, 15) is 0 Å². The lowest BCUT2D eigenvalue weighted by molar-refractivity contribution is 0.232. The molecule has 3 N–H and O–H groups in total. The third-order valence-corrected chi connectivity index (χ3v) is 2.48. The van der Waals surface area contributed by atoms with E-state index in [2.05, 4.69) is 29.1 Å². The van der Waals surface area contributed by atoms with Crippen molar-refractivity contribution in [3.05, 3.63) is 11.8 Å². The Kier molecular flexibility index (Phi) is 6.02. The lowest BCUT2D eigenvalue weighted by Crippen LogP contribution is -2.31. The molecule has 0 spiro atoms. The van der Waals surface area contributed by atoms with Gasteiger partial charge in [0, 0.05) is 24.3 Å². The van der Waals surface area contributed by atoms with Crippen LogP contribution in [0.25, 0.3) is 0 Å². The van der Waals surface area contributed by atoms with Gasteiger partial charge in [0.2, 0.25) is 11.8 Å². The number of rotatable bonds is 7. The van der Waals surface area contributed by atoms with E-state index in [1.807, 2.05) is 26.8 Å². The zero-order valence-electron chi connectivity index (χ0n) is 12.6. The first-order chi connectivity index (χ1) is 8.86. The van der Waals surface area contributed by atoms with Gasteiger partial charge in [-0.1, -0.05) is 13.8 Å². The summed E-state index contributed by atoms with van der Waals surface area (Å²) in [6.45, 7) is 10.9. The molecule has 5 heteroatoms. The van der Waals surface area contributed by atoms with Crippen molar-refractivity contribution in [3.8, 4) is 5.88 Å². The number of hydrogen-bond acceptors (Lipinski definition) is 5. The fourth-order valence-corrected chi connectivity index (χ4v) is 1.83. The molecule has 0 aromatic carbocycles. The molecule has 1 aromatic rings. The van der Waals surface area contributed by atoms with E-state index in [0.717, 1.165) is 12.1 Å². The second-order valence-corrected chi connectivity index (χ2v) is 5.61. The van der Waals surface area contributed by atoms with Gasteiger partial charge in [0.15, 0.2) is 0 Å². The molecule has 1 aromatic heterocycles. The Bertz CT molecular complexity index is 393. The standard InChI is InChI=1S/C14H26N4O/c1-9(2)6-12(15)8-16-14-17-11(5)7-13(18-14)19-10(3)4/h7,9-10,12H,6,8,15H2,1-5H3,(H,16,17,18). The van der Waals surface area contributed by atoms with Gasteiger partial charge in [-0.2, -0.15) is 4.98 Å². The highest BCUT2D eigenvalue weighted by atomic mass is 16.5. The predicted molar refractivity (Wildman–Crippen MR) is 78.5 cm³/mol. The van der Waals surface area contributed by atoms with Gasteiger partial charge >= 0.3 is 0 Å². The zero-order chi connectivity index (χ0) is 14.4. The summed E-state index contributed by atoms with van der Waals surface area (Å²) < 4.78 is 5.58. The summed E-state index contributed by atoms with van der Waals surface area (Å²) in [6, 6.07) is 1.94. The van der Waals surface area contributed by atoms with Crippen molar-refractivity contribution in [1.82, 2.24) is 9.97 Å². The quantitative estimate of drug-likeness (QED) is 0.792. The van der Waals surface area contributed by atoms with E-state index >= 15 is 0 Å². The fraction of sp³-hybridized carbons (Fsp3) is 0.714. The molecule has 0 fully saturated rings. The first-order valence-electron chi connectivity index (χ1n) is 6.88. The van der Waals surface area contributed by atoms with Gasteiger partial charge in [-0.15, -0.1) is 0 Å². The maximum Gasteiger partial charge on any atom is 0.226 e. The van der Waals surface area contributed by atoms with Crippen molar-refractivity contribution in [3.63, 3.8) is 0 Å². The van der Waals surface area contributed by atoms with Crippen LogP contribution in [-0.4, -0.2) is 28.7 Å². The first-order valence-corrected chi connectivity index (χ1v) is 6.88. The number of anilines is 1. The van der Waals surface area contributed by atoms with Gasteiger partial charge in [-0.05, 0) is 33.1 Å². The normalized spacial score (nSPS) is 12.8. The summed E-state index contributed by atoms with van der Waals surface area (Å²) in [4.78, 5) is 8.66. The average Bonchev–Trinajstić information content (AvgIpc) is 2.23. The predicted octanol–water partition coefficient (Wildman–Crippen LogP) is 2.36. The number of aromatic nitrogens is 2. The maximum atomic E-state index is 6.03. The van der Waals surface area contributed by atoms with Crippen LogP contribution in [0.15, 0.2) is 6.07 Å². The number of ether oxygens (including phenoxy) is 1. The minimum Gasteiger partial charge on any atom is -0.475 e. The van der Waals surface area contributed by atoms with Crippen LogP contribution < -0.4 is 15.8 Å². The molecule has 1 rings (SSSR count). The monoisotopic (exact) mass is 266 g/mol. The number of hydrogen-bond donors (Lipinski definition) is 2. The highest BCUT2D eigenvalue weighted by Gasteiger charge is 2.08. The highest BCUT2D eigenvalue weighted by molar-refractivity contribution is 5.30. The number of nitrogens with zero attached hydrogens (tertiary/aromatic N) is 2. The Balaban J connectivity index is 2.60. The molecule has 19 heavy (non-hydrogen) atoms. The summed E-state index contributed by atoms with van der Waals surface area (Å²) in [5, 5.41) is 3.18. The molecule has 0 saturated heterocycles. The second-order valence-electron chi connectivity index (χ2n) is 5.61. The van der Waals surface area contributed by atoms with Crippen LogP contribution in [0.5, 0.6) is 5.88 Å². The topological polar surface area (TPSA) is 73.1 Å². The molecule has 1 atom stereocenters. The van der Waals surface area contributed by atoms with E-state index in [0.29, 0.717) is 24.3 Å². The second kappa shape index (κ2) is 7.28. The molecule has 0 aliphatic carbocycles. The van der Waals surface area contributed by atoms with E-state index in [4.69, 9.17) is 10.5 Å². The van der Waals surface area contributed by atoms with Crippen LogP contribution in [0.3, 0.4) is 0 Å². The Morgan fingerprint density at radius 3 is 2.53 bits per heavy atom. The smallest absolute Gasteiger partial charge is 0.226 e. The van der Waals surface area contributed by atoms with Gasteiger partial charge in [0.1, 0.15) is 0 Å². The SMILES string of the molecule is Cc1cc(OC(C)C)nc(NCC(N)CC(C)C)n1. The lowest BCUT2D eigenvalue weighted by Gasteiger charge is -2.16. The van der Waals surface area contributed by atoms with Gasteiger partial charge in [0.25, 0.3) is 0 Å². The first kappa shape index (κ1) is 15.7. The molecular weight excluding hydrogens is 240 g/mol. The molecule has 0 saturated carbocycles. The molecule has 1 heterocycles. The maximum absolute atomic E-state index is 6.03. The molecule has 0 bridgehead atoms. The van der Waals surface area contributed by atoms with Gasteiger partial charge in [0.05, 0.1) is 6.10 Å². The molecule has 0 aliphatic heterocycles. The van der Waals surface area contributed by atoms with Gasteiger partial charge in [-0.25, -0.2) is 4.98 Å². The minimum atomic E-state index is 0.102. The number of nitrogens with one attached hydrogen (secondary N) is 1. The molecule has 0 amide bonds. The van der Waals surface area contributed by atoms with Crippen LogP contribution in [0.4, 0.5) is 5.95 Å². The Labute approximate surface area is 116 Å². The molecule has 1 unspecified atom stereocenters. The van der Waals surface area contributed by atoms with E-state index in [1.54, 1.807) is 0 Å². The van der Waals surface area contributed by atoms with Crippen LogP contribution in [0.2, 0.25) is 0 Å². The van der Waals surface area contributed by atoms with Gasteiger partial charge < -0.3 is 15.8 Å². The summed E-state index contributed by atoms with van der Waals surface area (Å²) >= 11 is 0. The number of aryl methyl sites for hydroxylation is 1. The third kappa shape index (κ3) is 6.38. The fourth-order valence-electron chi connectivity index (χ4n) is 1.83. The summed E-state index contributed by atoms with van der Waals surface area (Å²) in [5.41, 5.74) is 6.91. The van der Waals surface area contributed by atoms with Crippen molar-refractivity contribution >= 4 is 5.95 Å². The molecule has 108 valence electrons. The van der Waals surface area contributed by atoms with Crippen molar-refractivity contribution in [1.29, 1.82) is 0 Å². The Hall–Kier alpha value is -1.36. The molecule has 5 nitrogen and oxygen atoms in total. The van der Waals surface area contributed by atoms with Crippen molar-refractivity contribution < 1.29 is 4.74 Å². The molecule has 0 aliphatic rings. The Morgan fingerprint density at radius 2 is 1.95 bits per heavy atom. The minimum absolute atomic E-state index is 0.102. The third-order valence-electron chi connectivity index (χ3n) is 2.48. The molecule has 0 radical (unpaired) electrons. The highest BCUT2D eigenvalue weighted by Crippen LogP contribution is 2.13. The number of nitrogens with two attached hydrogens (primary N) is 1. The Morgan fingerprint density at radius 1 is 1.26 bits per heavy atom. The zero-order valence-corrected chi connectivity index (χ0v) is 12.6. The van der Waals surface area contributed by atoms with Crippen molar-refractivity contribution in [2.45, 2.75) is 53.2 Å².